The van der Waals surface area contributed by atoms with Crippen LogP contribution in [0.5, 0.6) is 5.75 Å². The average molecular weight is 460 g/mol. The molecule has 1 amide bonds. The third-order valence-corrected chi connectivity index (χ3v) is 4.51. The normalized spacial score (nSPS) is 11.6. The minimum Gasteiger partial charge on any atom is -0.435 e. The summed E-state index contributed by atoms with van der Waals surface area (Å²) in [6.45, 7) is 2.93. The highest BCUT2D eigenvalue weighted by molar-refractivity contribution is 6.14. The maximum absolute atomic E-state index is 12.7. The van der Waals surface area contributed by atoms with Crippen molar-refractivity contribution in [2.75, 3.05) is 18.5 Å². The smallest absolute Gasteiger partial charge is 0.387 e. The van der Waals surface area contributed by atoms with Crippen LogP contribution in [-0.2, 0) is 0 Å². The van der Waals surface area contributed by atoms with E-state index in [1.807, 2.05) is 20.8 Å². The molecule has 0 saturated heterocycles. The maximum Gasteiger partial charge on any atom is 0.387 e. The van der Waals surface area contributed by atoms with Gasteiger partial charge in [0.05, 0.1) is 17.5 Å². The van der Waals surface area contributed by atoms with Crippen LogP contribution in [0.3, 0.4) is 0 Å². The highest BCUT2D eigenvalue weighted by Crippen LogP contribution is 2.26. The molecule has 3 aromatic rings. The van der Waals surface area contributed by atoms with E-state index in [4.69, 9.17) is 10.5 Å². The first-order chi connectivity index (χ1) is 15.6. The number of amides is 1. The van der Waals surface area contributed by atoms with Gasteiger partial charge < -0.3 is 25.5 Å². The summed E-state index contributed by atoms with van der Waals surface area (Å²) in [4.78, 5) is 24.3. The average Bonchev–Trinajstić information content (AvgIpc) is 3.16. The molecule has 2 aromatic heterocycles. The topological polar surface area (TPSA) is 136 Å². The number of carbonyl (C=O) groups is 1. The highest BCUT2D eigenvalue weighted by Gasteiger charge is 2.21. The zero-order valence-electron chi connectivity index (χ0n) is 18.5. The fourth-order valence-corrected chi connectivity index (χ4v) is 3.09. The number of hydrogen-bond acceptors (Lipinski definition) is 7. The summed E-state index contributed by atoms with van der Waals surface area (Å²) >= 11 is 0. The minimum atomic E-state index is -3.01. The minimum absolute atomic E-state index is 0.0264. The fraction of sp³-hybridized carbons (Fsp3) is 0.364. The summed E-state index contributed by atoms with van der Waals surface area (Å²) in [6.07, 6.45) is 3.33. The van der Waals surface area contributed by atoms with Gasteiger partial charge in [-0.05, 0) is 45.4 Å². The van der Waals surface area contributed by atoms with Crippen molar-refractivity contribution in [3.05, 3.63) is 47.4 Å². The second kappa shape index (κ2) is 9.90. The lowest BCUT2D eigenvalue weighted by atomic mass is 10.0. The summed E-state index contributed by atoms with van der Waals surface area (Å²) in [6, 6.07) is 4.19. The number of aliphatic hydroxyl groups excluding tert-OH is 1. The Morgan fingerprint density at radius 1 is 1.30 bits per heavy atom. The molecule has 2 heterocycles. The van der Waals surface area contributed by atoms with Crippen LogP contribution in [-0.4, -0.2) is 57.0 Å². The molecule has 0 saturated carbocycles. The summed E-state index contributed by atoms with van der Waals surface area (Å²) in [5.41, 5.74) is 1.27. The molecule has 3 rings (SSSR count). The van der Waals surface area contributed by atoms with Crippen LogP contribution < -0.4 is 15.4 Å². The first-order valence-corrected chi connectivity index (χ1v) is 10.3. The van der Waals surface area contributed by atoms with Gasteiger partial charge in [-0.3, -0.25) is 10.2 Å². The number of alkyl halides is 2. The predicted octanol–water partition coefficient (Wildman–Crippen LogP) is 3.30. The second-order valence-corrected chi connectivity index (χ2v) is 8.32. The van der Waals surface area contributed by atoms with E-state index in [0.717, 1.165) is 0 Å². The third-order valence-electron chi connectivity index (χ3n) is 4.51. The van der Waals surface area contributed by atoms with Crippen molar-refractivity contribution in [1.82, 2.24) is 20.3 Å². The van der Waals surface area contributed by atoms with Crippen LogP contribution in [0.4, 0.5) is 14.5 Å². The van der Waals surface area contributed by atoms with E-state index >= 15 is 0 Å². The largest absolute Gasteiger partial charge is 0.435 e. The van der Waals surface area contributed by atoms with Gasteiger partial charge in [-0.1, -0.05) is 0 Å². The number of halogens is 2. The molecule has 1 aromatic carbocycles. The lowest BCUT2D eigenvalue weighted by molar-refractivity contribution is -0.0498. The van der Waals surface area contributed by atoms with Crippen LogP contribution in [0.25, 0.3) is 11.2 Å². The number of hydrogen-bond donors (Lipinski definition) is 5. The number of nitrogens with one attached hydrogen (secondary N) is 4. The van der Waals surface area contributed by atoms with Gasteiger partial charge in [0.2, 0.25) is 0 Å². The molecule has 0 radical (unpaired) electrons. The molecule has 0 spiro atoms. The molecule has 0 fully saturated rings. The van der Waals surface area contributed by atoms with E-state index in [2.05, 4.69) is 30.3 Å². The van der Waals surface area contributed by atoms with Gasteiger partial charge in [0, 0.05) is 36.1 Å². The molecule has 176 valence electrons. The number of anilines is 1. The molecule has 0 aliphatic carbocycles. The van der Waals surface area contributed by atoms with E-state index in [-0.39, 0.29) is 46.3 Å². The van der Waals surface area contributed by atoms with E-state index < -0.39 is 12.2 Å². The van der Waals surface area contributed by atoms with Crippen LogP contribution in [0, 0.1) is 5.41 Å². The Morgan fingerprint density at radius 2 is 2.06 bits per heavy atom. The van der Waals surface area contributed by atoms with Gasteiger partial charge in [-0.25, -0.2) is 9.97 Å². The maximum atomic E-state index is 12.7. The Morgan fingerprint density at radius 3 is 2.73 bits per heavy atom. The predicted molar refractivity (Wildman–Crippen MR) is 120 cm³/mol. The van der Waals surface area contributed by atoms with E-state index in [0.29, 0.717) is 24.3 Å². The van der Waals surface area contributed by atoms with E-state index in [9.17, 15) is 13.6 Å². The van der Waals surface area contributed by atoms with Gasteiger partial charge >= 0.3 is 6.61 Å². The van der Waals surface area contributed by atoms with E-state index in [1.165, 1.54) is 30.6 Å². The number of rotatable bonds is 9. The quantitative estimate of drug-likeness (QED) is 0.246. The van der Waals surface area contributed by atoms with Gasteiger partial charge in [-0.2, -0.15) is 8.78 Å². The molecular weight excluding hydrogens is 434 g/mol. The number of benzene rings is 1. The van der Waals surface area contributed by atoms with E-state index in [1.54, 1.807) is 0 Å². The number of fused-ring (bicyclic) bond motifs is 1. The van der Waals surface area contributed by atoms with Crippen molar-refractivity contribution in [2.24, 2.45) is 0 Å². The van der Waals surface area contributed by atoms with Gasteiger partial charge in [0.25, 0.3) is 5.91 Å². The van der Waals surface area contributed by atoms with Crippen LogP contribution in [0.15, 0.2) is 30.6 Å². The third kappa shape index (κ3) is 6.01. The number of ether oxygens (including phenoxy) is 1. The highest BCUT2D eigenvalue weighted by atomic mass is 19.3. The second-order valence-electron chi connectivity index (χ2n) is 8.32. The van der Waals surface area contributed by atoms with Crippen LogP contribution >= 0.6 is 0 Å². The molecule has 0 aliphatic heterocycles. The monoisotopic (exact) mass is 460 g/mol. The summed E-state index contributed by atoms with van der Waals surface area (Å²) in [5, 5.41) is 23.6. The number of nitrogens with zero attached hydrogens (tertiary/aromatic N) is 2. The number of aliphatic hydroxyl groups is 1. The van der Waals surface area contributed by atoms with Crippen molar-refractivity contribution in [3.63, 3.8) is 0 Å². The van der Waals surface area contributed by atoms with Crippen molar-refractivity contribution in [3.8, 4) is 5.75 Å². The van der Waals surface area contributed by atoms with Gasteiger partial charge in [0.15, 0.2) is 5.65 Å². The van der Waals surface area contributed by atoms with Gasteiger partial charge in [0.1, 0.15) is 17.0 Å². The molecule has 0 bridgehead atoms. The number of carbonyl (C=O) groups excluding carboxylic acids is 1. The molecule has 33 heavy (non-hydrogen) atoms. The van der Waals surface area contributed by atoms with Crippen molar-refractivity contribution in [2.45, 2.75) is 39.3 Å². The standard InChI is InChI=1S/C22H26F2N6O3/c1-22(2,3)30-20(32)14-10-27-19-18(14)29-16(11-28-19)17(25)13-9-12(33-21(23)24)5-6-15(13)26-7-4-8-31/h5-6,9-11,21,25-26,31H,4,7-8H2,1-3H3,(H,27,28)(H,30,32). The summed E-state index contributed by atoms with van der Waals surface area (Å²) in [5.74, 6) is -0.455. The zero-order valence-corrected chi connectivity index (χ0v) is 18.5. The number of H-pyrrole nitrogens is 1. The molecule has 0 unspecified atom stereocenters. The molecule has 0 aliphatic rings. The first-order valence-electron chi connectivity index (χ1n) is 10.3. The fourth-order valence-electron chi connectivity index (χ4n) is 3.09. The molecule has 9 nitrogen and oxygen atoms in total. The van der Waals surface area contributed by atoms with Crippen LogP contribution in [0.1, 0.15) is 48.8 Å². The molecule has 0 atom stereocenters. The zero-order chi connectivity index (χ0) is 24.2. The molecular formula is C22H26F2N6O3. The molecule has 11 heteroatoms. The Balaban J connectivity index is 2.00. The first kappa shape index (κ1) is 24.1. The van der Waals surface area contributed by atoms with Crippen LogP contribution in [0.2, 0.25) is 0 Å². The Labute approximate surface area is 189 Å². The molecule has 5 N–H and O–H groups in total. The lowest BCUT2D eigenvalue weighted by Gasteiger charge is -2.20. The Hall–Kier alpha value is -3.60. The number of aromatic amines is 1. The summed E-state index contributed by atoms with van der Waals surface area (Å²) < 4.78 is 29.9. The van der Waals surface area contributed by atoms with Crippen molar-refractivity contribution >= 4 is 28.5 Å². The Bertz CT molecular complexity index is 1160. The van der Waals surface area contributed by atoms with Gasteiger partial charge in [-0.15, -0.1) is 0 Å². The number of aromatic nitrogens is 3. The van der Waals surface area contributed by atoms with Crippen molar-refractivity contribution in [1.29, 1.82) is 5.41 Å². The SMILES string of the molecule is CC(C)(C)NC(=O)c1c[nH]c2ncc(C(=N)c3cc(OC(F)F)ccc3NCCCO)nc12. The Kier molecular flexibility index (Phi) is 7.22. The summed E-state index contributed by atoms with van der Waals surface area (Å²) in [7, 11) is 0. The lowest BCUT2D eigenvalue weighted by Crippen LogP contribution is -2.40. The van der Waals surface area contributed by atoms with Crippen molar-refractivity contribution < 1.29 is 23.4 Å².